The van der Waals surface area contributed by atoms with E-state index in [9.17, 15) is 0 Å². The Labute approximate surface area is 123 Å². The number of rotatable bonds is 6. The molecule has 0 fully saturated rings. The second-order valence-corrected chi connectivity index (χ2v) is 5.46. The van der Waals surface area contributed by atoms with Gasteiger partial charge in [-0.2, -0.15) is 0 Å². The van der Waals surface area contributed by atoms with Crippen LogP contribution in [0.25, 0.3) is 10.2 Å². The largest absolute Gasteiger partial charge is 0.356 e. The van der Waals surface area contributed by atoms with Gasteiger partial charge in [-0.15, -0.1) is 17.9 Å². The molecule has 20 heavy (non-hydrogen) atoms. The molecule has 4 nitrogen and oxygen atoms in total. The van der Waals surface area contributed by atoms with E-state index in [0.717, 1.165) is 37.4 Å². The first-order valence-electron chi connectivity index (χ1n) is 6.73. The van der Waals surface area contributed by atoms with Crippen molar-refractivity contribution in [3.63, 3.8) is 0 Å². The molecule has 0 spiro atoms. The fourth-order valence-electron chi connectivity index (χ4n) is 1.86. The van der Waals surface area contributed by atoms with Gasteiger partial charge in [0.2, 0.25) is 0 Å². The van der Waals surface area contributed by atoms with E-state index in [1.165, 1.54) is 9.71 Å². The Morgan fingerprint density at radius 2 is 2.25 bits per heavy atom. The summed E-state index contributed by atoms with van der Waals surface area (Å²) in [5.41, 5.74) is 1.10. The van der Waals surface area contributed by atoms with Gasteiger partial charge in [0.05, 0.1) is 15.2 Å². The number of fused-ring (bicyclic) bond motifs is 1. The number of nitrogens with zero attached hydrogens (tertiary/aromatic N) is 2. The van der Waals surface area contributed by atoms with Crippen molar-refractivity contribution in [2.24, 2.45) is 4.99 Å². The number of hydrogen-bond acceptors (Lipinski definition) is 3. The number of aryl methyl sites for hydroxylation is 1. The average Bonchev–Trinajstić information content (AvgIpc) is 2.89. The first kappa shape index (κ1) is 14.5. The van der Waals surface area contributed by atoms with Gasteiger partial charge < -0.3 is 10.6 Å². The maximum Gasteiger partial charge on any atom is 0.191 e. The molecule has 5 heteroatoms. The van der Waals surface area contributed by atoms with Crippen LogP contribution >= 0.6 is 11.3 Å². The number of hydrogen-bond donors (Lipinski definition) is 2. The van der Waals surface area contributed by atoms with E-state index in [0.29, 0.717) is 0 Å². The summed E-state index contributed by atoms with van der Waals surface area (Å²) >= 11 is 1.78. The van der Waals surface area contributed by atoms with E-state index in [4.69, 9.17) is 0 Å². The van der Waals surface area contributed by atoms with Crippen LogP contribution in [-0.4, -0.2) is 31.1 Å². The van der Waals surface area contributed by atoms with Gasteiger partial charge in [0.15, 0.2) is 5.96 Å². The van der Waals surface area contributed by atoms with Gasteiger partial charge >= 0.3 is 0 Å². The normalized spacial score (nSPS) is 11.6. The second-order valence-electron chi connectivity index (χ2n) is 4.35. The molecular weight excluding hydrogens is 268 g/mol. The van der Waals surface area contributed by atoms with Gasteiger partial charge in [0.1, 0.15) is 0 Å². The molecule has 0 unspecified atom stereocenters. The van der Waals surface area contributed by atoms with Crippen LogP contribution in [0.1, 0.15) is 11.4 Å². The standard InChI is InChI=1S/C15H20N4S/c1-3-10-17-15(16-2)18-11-6-9-14-19-12-7-4-5-8-13(12)20-14/h3-5,7-8H,1,6,9-11H2,2H3,(H2,16,17,18). The third-order valence-corrected chi connectivity index (χ3v) is 3.93. The minimum absolute atomic E-state index is 0.720. The molecule has 0 radical (unpaired) electrons. The highest BCUT2D eigenvalue weighted by molar-refractivity contribution is 7.18. The zero-order valence-corrected chi connectivity index (χ0v) is 12.5. The molecule has 2 N–H and O–H groups in total. The van der Waals surface area contributed by atoms with Crippen LogP contribution < -0.4 is 10.6 Å². The van der Waals surface area contributed by atoms with Crippen LogP contribution in [0.15, 0.2) is 41.9 Å². The Morgan fingerprint density at radius 3 is 3.00 bits per heavy atom. The Balaban J connectivity index is 1.76. The molecule has 0 aliphatic rings. The summed E-state index contributed by atoms with van der Waals surface area (Å²) in [6, 6.07) is 8.27. The summed E-state index contributed by atoms with van der Waals surface area (Å²) in [7, 11) is 1.77. The molecule has 106 valence electrons. The summed E-state index contributed by atoms with van der Waals surface area (Å²) < 4.78 is 1.26. The minimum Gasteiger partial charge on any atom is -0.356 e. The molecule has 0 aliphatic carbocycles. The third kappa shape index (κ3) is 4.06. The molecule has 2 rings (SSSR count). The molecule has 1 aromatic carbocycles. The van der Waals surface area contributed by atoms with Crippen LogP contribution in [0.5, 0.6) is 0 Å². The molecule has 0 bridgehead atoms. The summed E-state index contributed by atoms with van der Waals surface area (Å²) in [5, 5.41) is 7.62. The highest BCUT2D eigenvalue weighted by Gasteiger charge is 2.03. The Hall–Kier alpha value is -1.88. The predicted molar refractivity (Wildman–Crippen MR) is 87.5 cm³/mol. The van der Waals surface area contributed by atoms with Crippen LogP contribution in [0.2, 0.25) is 0 Å². The zero-order chi connectivity index (χ0) is 14.2. The molecule has 0 saturated carbocycles. The maximum absolute atomic E-state index is 4.63. The first-order chi connectivity index (χ1) is 9.83. The lowest BCUT2D eigenvalue weighted by atomic mass is 10.3. The van der Waals surface area contributed by atoms with Crippen LogP contribution in [0, 0.1) is 0 Å². The summed E-state index contributed by atoms with van der Waals surface area (Å²) in [6.45, 7) is 5.27. The molecule has 1 aromatic heterocycles. The van der Waals surface area contributed by atoms with Crippen LogP contribution in [0.4, 0.5) is 0 Å². The number of para-hydroxylation sites is 1. The topological polar surface area (TPSA) is 49.3 Å². The van der Waals surface area contributed by atoms with Crippen LogP contribution in [0.3, 0.4) is 0 Å². The van der Waals surface area contributed by atoms with Crippen molar-refractivity contribution in [2.45, 2.75) is 12.8 Å². The van der Waals surface area contributed by atoms with E-state index in [-0.39, 0.29) is 0 Å². The first-order valence-corrected chi connectivity index (χ1v) is 7.55. The maximum atomic E-state index is 4.63. The monoisotopic (exact) mass is 288 g/mol. The Kier molecular flexibility index (Phi) is 5.55. The third-order valence-electron chi connectivity index (χ3n) is 2.84. The quantitative estimate of drug-likeness (QED) is 0.372. The molecule has 0 amide bonds. The smallest absolute Gasteiger partial charge is 0.191 e. The lowest BCUT2D eigenvalue weighted by Crippen LogP contribution is -2.37. The lowest BCUT2D eigenvalue weighted by molar-refractivity contribution is 0.751. The number of nitrogens with one attached hydrogen (secondary N) is 2. The number of aromatic nitrogens is 1. The molecular formula is C15H20N4S. The fraction of sp³-hybridized carbons (Fsp3) is 0.333. The van der Waals surface area contributed by atoms with E-state index < -0.39 is 0 Å². The molecule has 0 atom stereocenters. The van der Waals surface area contributed by atoms with Crippen molar-refractivity contribution in [2.75, 3.05) is 20.1 Å². The van der Waals surface area contributed by atoms with Crippen molar-refractivity contribution in [3.05, 3.63) is 41.9 Å². The highest BCUT2D eigenvalue weighted by atomic mass is 32.1. The SMILES string of the molecule is C=CCNC(=NC)NCCCc1nc2ccccc2s1. The zero-order valence-electron chi connectivity index (χ0n) is 11.7. The van der Waals surface area contributed by atoms with Gasteiger partial charge in [-0.05, 0) is 18.6 Å². The van der Waals surface area contributed by atoms with E-state index in [1.807, 2.05) is 12.1 Å². The number of thiazole rings is 1. The minimum atomic E-state index is 0.720. The molecule has 0 aliphatic heterocycles. The lowest BCUT2D eigenvalue weighted by Gasteiger charge is -2.09. The van der Waals surface area contributed by atoms with E-state index in [2.05, 4.69) is 45.4 Å². The van der Waals surface area contributed by atoms with Gasteiger partial charge in [0.25, 0.3) is 0 Å². The summed E-state index contributed by atoms with van der Waals surface area (Å²) in [6.07, 6.45) is 3.84. The van der Waals surface area contributed by atoms with Gasteiger partial charge in [0, 0.05) is 26.6 Å². The van der Waals surface area contributed by atoms with Crippen molar-refractivity contribution in [3.8, 4) is 0 Å². The Bertz CT molecular complexity index is 555. The van der Waals surface area contributed by atoms with Crippen molar-refractivity contribution >= 4 is 27.5 Å². The van der Waals surface area contributed by atoms with E-state index >= 15 is 0 Å². The van der Waals surface area contributed by atoms with Gasteiger partial charge in [-0.25, -0.2) is 4.98 Å². The van der Waals surface area contributed by atoms with Crippen molar-refractivity contribution in [1.82, 2.24) is 15.6 Å². The molecule has 2 aromatic rings. The van der Waals surface area contributed by atoms with E-state index in [1.54, 1.807) is 18.4 Å². The highest BCUT2D eigenvalue weighted by Crippen LogP contribution is 2.22. The van der Waals surface area contributed by atoms with Crippen molar-refractivity contribution in [1.29, 1.82) is 0 Å². The molecule has 0 saturated heterocycles. The van der Waals surface area contributed by atoms with Crippen molar-refractivity contribution < 1.29 is 0 Å². The Morgan fingerprint density at radius 1 is 1.40 bits per heavy atom. The second kappa shape index (κ2) is 7.65. The molecule has 1 heterocycles. The average molecular weight is 288 g/mol. The van der Waals surface area contributed by atoms with Crippen LogP contribution in [-0.2, 0) is 6.42 Å². The summed E-state index contributed by atoms with van der Waals surface area (Å²) in [5.74, 6) is 0.814. The van der Waals surface area contributed by atoms with Gasteiger partial charge in [-0.3, -0.25) is 4.99 Å². The number of aliphatic imine (C=N–C) groups is 1. The predicted octanol–water partition coefficient (Wildman–Crippen LogP) is 2.58. The van der Waals surface area contributed by atoms with Gasteiger partial charge in [-0.1, -0.05) is 18.2 Å². The number of benzene rings is 1. The fourth-order valence-corrected chi connectivity index (χ4v) is 2.87. The number of guanidine groups is 1. The summed E-state index contributed by atoms with van der Waals surface area (Å²) in [4.78, 5) is 8.77.